The molecule has 1 N–H and O–H groups in total. The quantitative estimate of drug-likeness (QED) is 0.0373. The van der Waals surface area contributed by atoms with Crippen molar-refractivity contribution < 1.29 is 24.2 Å². The van der Waals surface area contributed by atoms with Gasteiger partial charge in [-0.15, -0.1) is 0 Å². The van der Waals surface area contributed by atoms with E-state index in [-0.39, 0.29) is 25.2 Å². The monoisotopic (exact) mass is 1220 g/mol. The van der Waals surface area contributed by atoms with Crippen molar-refractivity contribution in [2.24, 2.45) is 0 Å². The third kappa shape index (κ3) is 74.5. The van der Waals surface area contributed by atoms with E-state index >= 15 is 0 Å². The highest BCUT2D eigenvalue weighted by Gasteiger charge is 2.16. The fourth-order valence-electron chi connectivity index (χ4n) is 10.9. The number of esters is 2. The summed E-state index contributed by atoms with van der Waals surface area (Å²) in [6.07, 6.45) is 115. The molecule has 0 aromatic carbocycles. The zero-order valence-electron chi connectivity index (χ0n) is 58.0. The van der Waals surface area contributed by atoms with Gasteiger partial charge in [0.2, 0.25) is 0 Å². The van der Waals surface area contributed by atoms with E-state index in [1.165, 1.54) is 225 Å². The van der Waals surface area contributed by atoms with Gasteiger partial charge in [-0.25, -0.2) is 0 Å². The molecule has 0 spiro atoms. The molecule has 504 valence electrons. The van der Waals surface area contributed by atoms with Crippen LogP contribution in [0.25, 0.3) is 0 Å². The van der Waals surface area contributed by atoms with Gasteiger partial charge in [0, 0.05) is 12.8 Å². The summed E-state index contributed by atoms with van der Waals surface area (Å²) in [4.78, 5) is 24.7. The van der Waals surface area contributed by atoms with Crippen molar-refractivity contribution in [3.63, 3.8) is 0 Å². The number of ether oxygens (including phenoxy) is 2. The standard InChI is InChI=1S/C83H142O5/c1-3-5-7-9-11-13-15-17-19-21-23-25-27-29-31-33-35-37-39-40-41-42-44-45-47-49-51-53-55-57-59-61-63-65-67-69-71-73-75-77-82(85)87-80-81(79-84)88-83(86)78-76-74-72-70-68-66-64-62-60-58-56-54-52-50-48-46-43-38-36-34-32-30-28-26-24-22-20-18-16-14-12-10-8-6-4-2/h5-8,11-14,17-20,23-26,29-32,36,38,81,84H,3-4,9-10,15-16,21-22,27-28,33-35,37,39-80H2,1-2H3/b7-5-,8-6-,13-11-,14-12-,19-17-,20-18-,25-23-,26-24-,31-29-,32-30-,38-36-. The Morgan fingerprint density at radius 3 is 0.682 bits per heavy atom. The summed E-state index contributed by atoms with van der Waals surface area (Å²) in [6, 6.07) is 0. The van der Waals surface area contributed by atoms with E-state index in [0.717, 1.165) is 109 Å². The maximum absolute atomic E-state index is 12.4. The Morgan fingerprint density at radius 1 is 0.261 bits per heavy atom. The molecule has 0 heterocycles. The maximum atomic E-state index is 12.4. The van der Waals surface area contributed by atoms with Gasteiger partial charge in [-0.05, 0) is 109 Å². The number of hydrogen-bond donors (Lipinski definition) is 1. The Balaban J connectivity index is 3.43. The molecule has 1 unspecified atom stereocenters. The minimum Gasteiger partial charge on any atom is -0.462 e. The molecule has 0 aliphatic carbocycles. The largest absolute Gasteiger partial charge is 0.462 e. The molecule has 0 aliphatic heterocycles. The summed E-state index contributed by atoms with van der Waals surface area (Å²) in [5.41, 5.74) is 0. The number of aliphatic hydroxyl groups excluding tert-OH is 1. The number of allylic oxidation sites excluding steroid dienone is 22. The summed E-state index contributed by atoms with van der Waals surface area (Å²) in [7, 11) is 0. The van der Waals surface area contributed by atoms with Crippen molar-refractivity contribution in [2.45, 2.75) is 367 Å². The van der Waals surface area contributed by atoms with Crippen LogP contribution < -0.4 is 0 Å². The van der Waals surface area contributed by atoms with Gasteiger partial charge in [0.05, 0.1) is 6.61 Å². The van der Waals surface area contributed by atoms with Crippen LogP contribution in [0.4, 0.5) is 0 Å². The van der Waals surface area contributed by atoms with Crippen LogP contribution in [-0.4, -0.2) is 36.4 Å². The zero-order chi connectivity index (χ0) is 63.3. The zero-order valence-corrected chi connectivity index (χ0v) is 58.0. The molecule has 0 saturated carbocycles. The molecule has 1 atom stereocenters. The normalized spacial score (nSPS) is 13.0. The number of unbranched alkanes of at least 4 members (excludes halogenated alkanes) is 39. The first-order valence-electron chi connectivity index (χ1n) is 37.7. The molecule has 0 aromatic rings. The van der Waals surface area contributed by atoms with Crippen molar-refractivity contribution in [2.75, 3.05) is 13.2 Å². The molecule has 5 heteroatoms. The molecular weight excluding hydrogens is 1080 g/mol. The Labute approximate surface area is 546 Å². The van der Waals surface area contributed by atoms with E-state index in [2.05, 4.69) is 148 Å². The van der Waals surface area contributed by atoms with E-state index < -0.39 is 6.10 Å². The van der Waals surface area contributed by atoms with Gasteiger partial charge in [-0.1, -0.05) is 372 Å². The van der Waals surface area contributed by atoms with Gasteiger partial charge in [0.15, 0.2) is 6.10 Å². The van der Waals surface area contributed by atoms with Crippen molar-refractivity contribution in [1.82, 2.24) is 0 Å². The first kappa shape index (κ1) is 84.0. The average Bonchev–Trinajstić information content (AvgIpc) is 3.54. The predicted molar refractivity (Wildman–Crippen MR) is 389 cm³/mol. The second kappa shape index (κ2) is 77.3. The van der Waals surface area contributed by atoms with Crippen molar-refractivity contribution in [1.29, 1.82) is 0 Å². The number of aliphatic hydroxyl groups is 1. The van der Waals surface area contributed by atoms with Gasteiger partial charge in [0.1, 0.15) is 6.61 Å². The molecule has 88 heavy (non-hydrogen) atoms. The topological polar surface area (TPSA) is 72.8 Å². The van der Waals surface area contributed by atoms with E-state index in [9.17, 15) is 14.7 Å². The van der Waals surface area contributed by atoms with Crippen molar-refractivity contribution in [3.8, 4) is 0 Å². The molecule has 0 bridgehead atoms. The third-order valence-electron chi connectivity index (χ3n) is 16.4. The third-order valence-corrected chi connectivity index (χ3v) is 16.4. The molecule has 0 amide bonds. The van der Waals surface area contributed by atoms with E-state index in [1.54, 1.807) is 0 Å². The lowest BCUT2D eigenvalue weighted by atomic mass is 10.0. The molecule has 0 saturated heterocycles. The first-order valence-corrected chi connectivity index (χ1v) is 37.7. The summed E-state index contributed by atoms with van der Waals surface area (Å²) < 4.78 is 10.8. The number of carbonyl (C=O) groups excluding carboxylic acids is 2. The summed E-state index contributed by atoms with van der Waals surface area (Å²) >= 11 is 0. The van der Waals surface area contributed by atoms with Gasteiger partial charge < -0.3 is 14.6 Å². The Hall–Kier alpha value is -3.96. The van der Waals surface area contributed by atoms with Crippen LogP contribution in [0.3, 0.4) is 0 Å². The minimum atomic E-state index is -0.778. The van der Waals surface area contributed by atoms with E-state index in [0.29, 0.717) is 12.8 Å². The molecular formula is C83H142O5. The van der Waals surface area contributed by atoms with Crippen LogP contribution in [0.1, 0.15) is 361 Å². The molecule has 0 aliphatic rings. The second-order valence-corrected chi connectivity index (χ2v) is 25.0. The Morgan fingerprint density at radius 2 is 0.455 bits per heavy atom. The van der Waals surface area contributed by atoms with Gasteiger partial charge in [-0.3, -0.25) is 9.59 Å². The molecule has 0 fully saturated rings. The minimum absolute atomic E-state index is 0.0660. The number of carbonyl (C=O) groups is 2. The maximum Gasteiger partial charge on any atom is 0.306 e. The average molecular weight is 1220 g/mol. The summed E-state index contributed by atoms with van der Waals surface area (Å²) in [5, 5.41) is 9.72. The SMILES string of the molecule is CC/C=C\C/C=C\C/C=C\C/C=C\C/C=C\C/C=C\CCCCCCCCCCCCCCCCCCC(=O)OC(CO)COC(=O)CCCCCCCCCCCCCCCCCCCCCCCCC/C=C\C/C=C\C/C=C\C/C=C\C/C=C\CC. The predicted octanol–water partition coefficient (Wildman–Crippen LogP) is 26.7. The molecule has 0 rings (SSSR count). The van der Waals surface area contributed by atoms with Crippen molar-refractivity contribution in [3.05, 3.63) is 134 Å². The van der Waals surface area contributed by atoms with Crippen LogP contribution >= 0.6 is 0 Å². The highest BCUT2D eigenvalue weighted by atomic mass is 16.6. The van der Waals surface area contributed by atoms with Gasteiger partial charge in [0.25, 0.3) is 0 Å². The van der Waals surface area contributed by atoms with Crippen LogP contribution in [0.5, 0.6) is 0 Å². The van der Waals surface area contributed by atoms with Crippen LogP contribution in [0.15, 0.2) is 134 Å². The smallest absolute Gasteiger partial charge is 0.306 e. The van der Waals surface area contributed by atoms with Gasteiger partial charge >= 0.3 is 11.9 Å². The lowest BCUT2D eigenvalue weighted by molar-refractivity contribution is -0.161. The lowest BCUT2D eigenvalue weighted by Gasteiger charge is -2.15. The first-order chi connectivity index (χ1) is 43.6. The second-order valence-electron chi connectivity index (χ2n) is 25.0. The van der Waals surface area contributed by atoms with Gasteiger partial charge in [-0.2, -0.15) is 0 Å². The van der Waals surface area contributed by atoms with Crippen LogP contribution in [0, 0.1) is 0 Å². The molecule has 0 radical (unpaired) electrons. The van der Waals surface area contributed by atoms with Crippen LogP contribution in [0.2, 0.25) is 0 Å². The fraction of sp³-hybridized carbons (Fsp3) is 0.711. The lowest BCUT2D eigenvalue weighted by Crippen LogP contribution is -2.28. The summed E-state index contributed by atoms with van der Waals surface area (Å²) in [5.74, 6) is -0.577. The number of rotatable bonds is 69. The van der Waals surface area contributed by atoms with Crippen molar-refractivity contribution >= 4 is 11.9 Å². The van der Waals surface area contributed by atoms with E-state index in [4.69, 9.17) is 9.47 Å². The molecule has 0 aromatic heterocycles. The molecule has 5 nitrogen and oxygen atoms in total. The highest BCUT2D eigenvalue weighted by molar-refractivity contribution is 5.70. The summed E-state index contributed by atoms with van der Waals surface area (Å²) in [6.45, 7) is 3.95. The Bertz CT molecular complexity index is 1770. The number of hydrogen-bond acceptors (Lipinski definition) is 5. The highest BCUT2D eigenvalue weighted by Crippen LogP contribution is 2.18. The van der Waals surface area contributed by atoms with E-state index in [1.807, 2.05) is 0 Å². The fourth-order valence-corrected chi connectivity index (χ4v) is 10.9. The Kier molecular flexibility index (Phi) is 73.8. The van der Waals surface area contributed by atoms with Crippen LogP contribution in [-0.2, 0) is 19.1 Å².